The monoisotopic (exact) mass is 238 g/mol. The van der Waals surface area contributed by atoms with E-state index in [1.54, 1.807) is 13.0 Å². The summed E-state index contributed by atoms with van der Waals surface area (Å²) >= 11 is 0. The normalized spacial score (nSPS) is 12.3. The number of nitrogens with two attached hydrogens (primary N) is 1. The van der Waals surface area contributed by atoms with Crippen molar-refractivity contribution < 1.29 is 9.53 Å². The van der Waals surface area contributed by atoms with Crippen LogP contribution in [0.25, 0.3) is 0 Å². The van der Waals surface area contributed by atoms with Crippen molar-refractivity contribution in [2.24, 2.45) is 11.7 Å². The molecule has 0 radical (unpaired) electrons. The molecule has 1 unspecified atom stereocenters. The summed E-state index contributed by atoms with van der Waals surface area (Å²) in [7, 11) is 1.53. The first kappa shape index (κ1) is 13.2. The van der Waals surface area contributed by atoms with E-state index in [0.29, 0.717) is 17.5 Å². The van der Waals surface area contributed by atoms with Gasteiger partial charge in [0, 0.05) is 6.07 Å². The highest BCUT2D eigenvalue weighted by atomic mass is 16.5. The standard InChI is InChI=1S/C11H18N4O2/c1-6(2)10(11(12)16)15-8-5-9(17-4)14-7(3)13-8/h5-6,10H,1-4H3,(H2,12,16)(H,13,14,15). The van der Waals surface area contributed by atoms with Gasteiger partial charge in [0.15, 0.2) is 0 Å². The molecule has 0 aliphatic carbocycles. The lowest BCUT2D eigenvalue weighted by Crippen LogP contribution is -2.39. The summed E-state index contributed by atoms with van der Waals surface area (Å²) in [6, 6.07) is 1.17. The number of rotatable bonds is 5. The number of nitrogens with one attached hydrogen (secondary N) is 1. The smallest absolute Gasteiger partial charge is 0.240 e. The second kappa shape index (κ2) is 5.47. The van der Waals surface area contributed by atoms with Crippen LogP contribution in [0, 0.1) is 12.8 Å². The number of anilines is 1. The Balaban J connectivity index is 2.93. The fraction of sp³-hybridized carbons (Fsp3) is 0.545. The van der Waals surface area contributed by atoms with Gasteiger partial charge in [0.1, 0.15) is 17.7 Å². The minimum Gasteiger partial charge on any atom is -0.481 e. The van der Waals surface area contributed by atoms with Gasteiger partial charge in [0.25, 0.3) is 0 Å². The van der Waals surface area contributed by atoms with E-state index in [-0.39, 0.29) is 5.92 Å². The average molecular weight is 238 g/mol. The Morgan fingerprint density at radius 2 is 2.12 bits per heavy atom. The third-order valence-corrected chi connectivity index (χ3v) is 2.30. The van der Waals surface area contributed by atoms with Crippen LogP contribution in [0.4, 0.5) is 5.82 Å². The molecule has 1 aromatic heterocycles. The predicted octanol–water partition coefficient (Wildman–Crippen LogP) is 0.715. The third-order valence-electron chi connectivity index (χ3n) is 2.30. The van der Waals surface area contributed by atoms with Crippen molar-refractivity contribution in [3.63, 3.8) is 0 Å². The van der Waals surface area contributed by atoms with E-state index in [0.717, 1.165) is 0 Å². The molecule has 0 spiro atoms. The van der Waals surface area contributed by atoms with E-state index in [2.05, 4.69) is 15.3 Å². The fourth-order valence-electron chi connectivity index (χ4n) is 1.44. The lowest BCUT2D eigenvalue weighted by molar-refractivity contribution is -0.119. The summed E-state index contributed by atoms with van der Waals surface area (Å²) in [5.41, 5.74) is 5.32. The molecular weight excluding hydrogens is 220 g/mol. The van der Waals surface area contributed by atoms with Crippen molar-refractivity contribution in [3.05, 3.63) is 11.9 Å². The lowest BCUT2D eigenvalue weighted by Gasteiger charge is -2.19. The number of methoxy groups -OCH3 is 1. The van der Waals surface area contributed by atoms with E-state index in [1.165, 1.54) is 7.11 Å². The molecule has 1 amide bonds. The van der Waals surface area contributed by atoms with E-state index in [9.17, 15) is 4.79 Å². The maximum absolute atomic E-state index is 11.3. The van der Waals surface area contributed by atoms with E-state index >= 15 is 0 Å². The zero-order valence-corrected chi connectivity index (χ0v) is 10.5. The Morgan fingerprint density at radius 1 is 1.47 bits per heavy atom. The molecule has 0 aromatic carbocycles. The summed E-state index contributed by atoms with van der Waals surface area (Å²) in [5, 5.41) is 2.99. The second-order valence-electron chi connectivity index (χ2n) is 4.11. The van der Waals surface area contributed by atoms with Crippen molar-refractivity contribution in [2.75, 3.05) is 12.4 Å². The molecule has 1 aromatic rings. The van der Waals surface area contributed by atoms with Crippen molar-refractivity contribution in [1.82, 2.24) is 9.97 Å². The van der Waals surface area contributed by atoms with Gasteiger partial charge in [-0.05, 0) is 12.8 Å². The molecule has 1 atom stereocenters. The summed E-state index contributed by atoms with van der Waals surface area (Å²) in [6.45, 7) is 5.57. The molecule has 0 saturated heterocycles. The van der Waals surface area contributed by atoms with Crippen LogP contribution in [-0.4, -0.2) is 29.0 Å². The highest BCUT2D eigenvalue weighted by molar-refractivity contribution is 5.82. The van der Waals surface area contributed by atoms with E-state index < -0.39 is 11.9 Å². The topological polar surface area (TPSA) is 90.1 Å². The van der Waals surface area contributed by atoms with Gasteiger partial charge >= 0.3 is 0 Å². The second-order valence-corrected chi connectivity index (χ2v) is 4.11. The van der Waals surface area contributed by atoms with Crippen molar-refractivity contribution in [3.8, 4) is 5.88 Å². The number of hydrogen-bond donors (Lipinski definition) is 2. The van der Waals surface area contributed by atoms with Gasteiger partial charge in [0.2, 0.25) is 11.8 Å². The first-order valence-electron chi connectivity index (χ1n) is 5.39. The van der Waals surface area contributed by atoms with Gasteiger partial charge in [-0.25, -0.2) is 4.98 Å². The zero-order chi connectivity index (χ0) is 13.0. The number of hydrogen-bond acceptors (Lipinski definition) is 5. The van der Waals surface area contributed by atoms with Gasteiger partial charge in [-0.2, -0.15) is 4.98 Å². The Labute approximate surface area is 101 Å². The van der Waals surface area contributed by atoms with Crippen LogP contribution < -0.4 is 15.8 Å². The van der Waals surface area contributed by atoms with Gasteiger partial charge in [-0.3, -0.25) is 4.79 Å². The van der Waals surface area contributed by atoms with Crippen LogP contribution in [0.1, 0.15) is 19.7 Å². The molecule has 1 rings (SSSR count). The van der Waals surface area contributed by atoms with Crippen LogP contribution in [0.15, 0.2) is 6.07 Å². The first-order valence-corrected chi connectivity index (χ1v) is 5.39. The van der Waals surface area contributed by atoms with E-state index in [4.69, 9.17) is 10.5 Å². The highest BCUT2D eigenvalue weighted by Gasteiger charge is 2.20. The number of carbonyl (C=O) groups excluding carboxylic acids is 1. The van der Waals surface area contributed by atoms with Gasteiger partial charge in [-0.15, -0.1) is 0 Å². The number of aromatic nitrogens is 2. The molecule has 0 aliphatic heterocycles. The summed E-state index contributed by atoms with van der Waals surface area (Å²) in [4.78, 5) is 19.5. The van der Waals surface area contributed by atoms with E-state index in [1.807, 2.05) is 13.8 Å². The largest absolute Gasteiger partial charge is 0.481 e. The van der Waals surface area contributed by atoms with Crippen molar-refractivity contribution in [1.29, 1.82) is 0 Å². The number of nitrogens with zero attached hydrogens (tertiary/aromatic N) is 2. The van der Waals surface area contributed by atoms with Gasteiger partial charge in [0.05, 0.1) is 7.11 Å². The van der Waals surface area contributed by atoms with Crippen LogP contribution in [0.3, 0.4) is 0 Å². The van der Waals surface area contributed by atoms with Crippen LogP contribution in [0.2, 0.25) is 0 Å². The maximum atomic E-state index is 11.3. The van der Waals surface area contributed by atoms with Gasteiger partial charge < -0.3 is 15.8 Å². The minimum atomic E-state index is -0.464. The molecule has 6 nitrogen and oxygen atoms in total. The Kier molecular flexibility index (Phi) is 4.25. The Bertz CT molecular complexity index is 406. The highest BCUT2D eigenvalue weighted by Crippen LogP contribution is 2.15. The minimum absolute atomic E-state index is 0.0776. The number of carbonyl (C=O) groups is 1. The Hall–Kier alpha value is -1.85. The first-order chi connectivity index (χ1) is 7.93. The summed E-state index contributed by atoms with van der Waals surface area (Å²) in [5.74, 6) is 1.22. The van der Waals surface area contributed by atoms with Crippen LogP contribution in [0.5, 0.6) is 5.88 Å². The molecule has 0 saturated carbocycles. The molecule has 6 heteroatoms. The predicted molar refractivity (Wildman–Crippen MR) is 64.8 cm³/mol. The quantitative estimate of drug-likeness (QED) is 0.788. The zero-order valence-electron chi connectivity index (χ0n) is 10.5. The lowest BCUT2D eigenvalue weighted by atomic mass is 10.0. The fourth-order valence-corrected chi connectivity index (χ4v) is 1.44. The molecule has 0 aliphatic rings. The summed E-state index contributed by atoms with van der Waals surface area (Å²) in [6.07, 6.45) is 0. The Morgan fingerprint density at radius 3 is 2.59 bits per heavy atom. The number of aryl methyl sites for hydroxylation is 1. The summed E-state index contributed by atoms with van der Waals surface area (Å²) < 4.78 is 5.03. The van der Waals surface area contributed by atoms with Crippen LogP contribution in [-0.2, 0) is 4.79 Å². The number of primary amides is 1. The SMILES string of the molecule is COc1cc(NC(C(N)=O)C(C)C)nc(C)n1. The number of amides is 1. The maximum Gasteiger partial charge on any atom is 0.240 e. The molecule has 0 bridgehead atoms. The molecule has 94 valence electrons. The third kappa shape index (κ3) is 3.58. The molecular formula is C11H18N4O2. The average Bonchev–Trinajstić information content (AvgIpc) is 2.24. The molecule has 1 heterocycles. The molecule has 17 heavy (non-hydrogen) atoms. The molecule has 0 fully saturated rings. The van der Waals surface area contributed by atoms with Gasteiger partial charge in [-0.1, -0.05) is 13.8 Å². The van der Waals surface area contributed by atoms with Crippen molar-refractivity contribution in [2.45, 2.75) is 26.8 Å². The molecule has 3 N–H and O–H groups in total. The van der Waals surface area contributed by atoms with Crippen molar-refractivity contribution >= 4 is 11.7 Å². The van der Waals surface area contributed by atoms with Crippen LogP contribution >= 0.6 is 0 Å². The number of ether oxygens (including phenoxy) is 1.